The van der Waals surface area contributed by atoms with Crippen LogP contribution in [-0.4, -0.2) is 48.5 Å². The number of benzene rings is 3. The second-order valence-corrected chi connectivity index (χ2v) is 10.9. The van der Waals surface area contributed by atoms with Gasteiger partial charge in [0.15, 0.2) is 17.3 Å². The van der Waals surface area contributed by atoms with Crippen molar-refractivity contribution in [3.8, 4) is 5.75 Å². The molecule has 0 radical (unpaired) electrons. The first kappa shape index (κ1) is 30.8. The van der Waals surface area contributed by atoms with Crippen molar-refractivity contribution in [3.05, 3.63) is 123 Å². The Bertz CT molecular complexity index is 2100. The standard InChI is InChI=1S/C33H26F2N6O6/c1-16-20-9-11-26(22(20)8-7-21(16)33(46)47)40-32(45)28-13-27(31(44)36-14-17-2-10-24(34)25(35)12-17)39-29-23(15-37-41(28)29)30(43)38-18-3-5-19(42)6-4-18/h2-8,10,12-13,15,26,42H,9,11,14H2,1H3,(H,36,44)(H,38,43)(H,40,45)(H,46,47)/t26-/m1/s1. The number of carbonyl (C=O) groups is 4. The second kappa shape index (κ2) is 12.3. The average Bonchev–Trinajstić information content (AvgIpc) is 3.67. The molecule has 0 saturated carbocycles. The minimum Gasteiger partial charge on any atom is -0.508 e. The van der Waals surface area contributed by atoms with E-state index in [4.69, 9.17) is 0 Å². The highest BCUT2D eigenvalue weighted by molar-refractivity contribution is 6.09. The van der Waals surface area contributed by atoms with E-state index in [-0.39, 0.29) is 46.0 Å². The topological polar surface area (TPSA) is 175 Å². The number of fused-ring (bicyclic) bond motifs is 2. The maximum absolute atomic E-state index is 13.8. The predicted molar refractivity (Wildman–Crippen MR) is 163 cm³/mol. The summed E-state index contributed by atoms with van der Waals surface area (Å²) in [5.41, 5.74) is 2.48. The van der Waals surface area contributed by atoms with Gasteiger partial charge in [0.1, 0.15) is 22.7 Å². The van der Waals surface area contributed by atoms with Crippen LogP contribution in [0.2, 0.25) is 0 Å². The quantitative estimate of drug-likeness (QED) is 0.156. The normalized spacial score (nSPS) is 13.6. The Morgan fingerprint density at radius 3 is 2.43 bits per heavy atom. The van der Waals surface area contributed by atoms with Crippen molar-refractivity contribution in [2.24, 2.45) is 0 Å². The molecular weight excluding hydrogens is 614 g/mol. The molecule has 238 valence electrons. The molecule has 14 heteroatoms. The zero-order valence-corrected chi connectivity index (χ0v) is 24.7. The summed E-state index contributed by atoms with van der Waals surface area (Å²) >= 11 is 0. The third-order valence-corrected chi connectivity index (χ3v) is 7.97. The van der Waals surface area contributed by atoms with Gasteiger partial charge in [0.05, 0.1) is 17.8 Å². The molecule has 0 aliphatic heterocycles. The summed E-state index contributed by atoms with van der Waals surface area (Å²) in [4.78, 5) is 56.2. The number of aromatic hydroxyl groups is 1. The van der Waals surface area contributed by atoms with Crippen LogP contribution in [0.25, 0.3) is 5.65 Å². The Hall–Kier alpha value is -6.18. The highest BCUT2D eigenvalue weighted by Crippen LogP contribution is 2.35. The van der Waals surface area contributed by atoms with Crippen LogP contribution in [0.3, 0.4) is 0 Å². The van der Waals surface area contributed by atoms with E-state index in [0.717, 1.165) is 27.8 Å². The van der Waals surface area contributed by atoms with E-state index in [9.17, 15) is 38.2 Å². The monoisotopic (exact) mass is 640 g/mol. The molecule has 0 unspecified atom stereocenters. The van der Waals surface area contributed by atoms with Crippen LogP contribution in [0.1, 0.15) is 76.4 Å². The fourth-order valence-electron chi connectivity index (χ4n) is 5.56. The van der Waals surface area contributed by atoms with Crippen molar-refractivity contribution < 1.29 is 38.2 Å². The molecular formula is C33H26F2N6O6. The van der Waals surface area contributed by atoms with Gasteiger partial charge in [-0.15, -0.1) is 0 Å². The Labute approximate surface area is 265 Å². The van der Waals surface area contributed by atoms with Crippen molar-refractivity contribution in [1.29, 1.82) is 0 Å². The molecule has 3 aromatic carbocycles. The van der Waals surface area contributed by atoms with Gasteiger partial charge in [-0.25, -0.2) is 23.1 Å². The number of carboxylic acids is 1. The molecule has 5 N–H and O–H groups in total. The lowest BCUT2D eigenvalue weighted by Crippen LogP contribution is -2.31. The van der Waals surface area contributed by atoms with Gasteiger partial charge >= 0.3 is 5.97 Å². The zero-order chi connectivity index (χ0) is 33.4. The van der Waals surface area contributed by atoms with E-state index in [0.29, 0.717) is 24.1 Å². The van der Waals surface area contributed by atoms with Gasteiger partial charge in [0.2, 0.25) is 0 Å². The maximum atomic E-state index is 13.8. The third kappa shape index (κ3) is 6.08. The number of halogens is 2. The van der Waals surface area contributed by atoms with Crippen LogP contribution < -0.4 is 16.0 Å². The third-order valence-electron chi connectivity index (χ3n) is 7.97. The molecule has 0 bridgehead atoms. The Morgan fingerprint density at radius 2 is 1.70 bits per heavy atom. The summed E-state index contributed by atoms with van der Waals surface area (Å²) in [5.74, 6) is -5.23. The molecule has 1 aliphatic carbocycles. The Balaban J connectivity index is 1.33. The largest absolute Gasteiger partial charge is 0.508 e. The first-order valence-corrected chi connectivity index (χ1v) is 14.4. The van der Waals surface area contributed by atoms with Crippen LogP contribution in [0.5, 0.6) is 5.75 Å². The fourth-order valence-corrected chi connectivity index (χ4v) is 5.56. The number of carbonyl (C=O) groups excluding carboxylic acids is 3. The number of phenolic OH excluding ortho intramolecular Hbond substituents is 1. The summed E-state index contributed by atoms with van der Waals surface area (Å²) in [5, 5.41) is 31.4. The van der Waals surface area contributed by atoms with Crippen LogP contribution in [0.4, 0.5) is 14.5 Å². The van der Waals surface area contributed by atoms with Crippen LogP contribution in [0, 0.1) is 18.6 Å². The van der Waals surface area contributed by atoms with E-state index in [1.807, 2.05) is 0 Å². The number of hydrogen-bond donors (Lipinski definition) is 5. The molecule has 6 rings (SSSR count). The molecule has 0 saturated heterocycles. The van der Waals surface area contributed by atoms with Gasteiger partial charge in [-0.3, -0.25) is 14.4 Å². The van der Waals surface area contributed by atoms with Crippen molar-refractivity contribution in [1.82, 2.24) is 25.2 Å². The molecule has 2 aromatic heterocycles. The number of hydrogen-bond acceptors (Lipinski definition) is 7. The first-order valence-electron chi connectivity index (χ1n) is 14.4. The lowest BCUT2D eigenvalue weighted by molar-refractivity contribution is 0.0695. The number of nitrogens with one attached hydrogen (secondary N) is 3. The SMILES string of the molecule is Cc1c(C(=O)O)ccc2c1CC[C@H]2NC(=O)c1cc(C(=O)NCc2ccc(F)c(F)c2)nc2c(C(=O)Nc3ccc(O)cc3)cnn12. The number of anilines is 1. The summed E-state index contributed by atoms with van der Waals surface area (Å²) in [7, 11) is 0. The molecule has 1 aliphatic rings. The average molecular weight is 641 g/mol. The number of aromatic nitrogens is 3. The fraction of sp³-hybridized carbons (Fsp3) is 0.152. The van der Waals surface area contributed by atoms with Gasteiger partial charge in [-0.1, -0.05) is 12.1 Å². The van der Waals surface area contributed by atoms with Gasteiger partial charge in [0.25, 0.3) is 17.7 Å². The smallest absolute Gasteiger partial charge is 0.335 e. The summed E-state index contributed by atoms with van der Waals surface area (Å²) in [6.07, 6.45) is 2.24. The van der Waals surface area contributed by atoms with Gasteiger partial charge in [0, 0.05) is 18.3 Å². The van der Waals surface area contributed by atoms with E-state index < -0.39 is 41.4 Å². The lowest BCUT2D eigenvalue weighted by atomic mass is 9.98. The molecule has 2 heterocycles. The zero-order valence-electron chi connectivity index (χ0n) is 24.7. The minimum atomic E-state index is -1.08. The van der Waals surface area contributed by atoms with E-state index in [1.165, 1.54) is 48.7 Å². The summed E-state index contributed by atoms with van der Waals surface area (Å²) < 4.78 is 28.2. The van der Waals surface area contributed by atoms with E-state index in [2.05, 4.69) is 26.0 Å². The molecule has 5 aromatic rings. The minimum absolute atomic E-state index is 0.00212. The van der Waals surface area contributed by atoms with Crippen molar-refractivity contribution in [3.63, 3.8) is 0 Å². The van der Waals surface area contributed by atoms with Crippen molar-refractivity contribution in [2.45, 2.75) is 32.4 Å². The van der Waals surface area contributed by atoms with Gasteiger partial charge in [-0.2, -0.15) is 5.10 Å². The Kier molecular flexibility index (Phi) is 8.07. The summed E-state index contributed by atoms with van der Waals surface area (Å²) in [6, 6.07) is 12.8. The number of amides is 3. The van der Waals surface area contributed by atoms with E-state index >= 15 is 0 Å². The molecule has 1 atom stereocenters. The molecule has 47 heavy (non-hydrogen) atoms. The van der Waals surface area contributed by atoms with E-state index in [1.54, 1.807) is 13.0 Å². The van der Waals surface area contributed by atoms with Crippen LogP contribution >= 0.6 is 0 Å². The van der Waals surface area contributed by atoms with Gasteiger partial charge < -0.3 is 26.2 Å². The number of phenols is 1. The highest BCUT2D eigenvalue weighted by atomic mass is 19.2. The first-order chi connectivity index (χ1) is 22.5. The molecule has 0 spiro atoms. The van der Waals surface area contributed by atoms with Crippen molar-refractivity contribution in [2.75, 3.05) is 5.32 Å². The molecule has 3 amide bonds. The predicted octanol–water partition coefficient (Wildman–Crippen LogP) is 4.32. The number of carboxylic acid groups (broad SMARTS) is 1. The molecule has 12 nitrogen and oxygen atoms in total. The highest BCUT2D eigenvalue weighted by Gasteiger charge is 2.29. The summed E-state index contributed by atoms with van der Waals surface area (Å²) in [6.45, 7) is 1.53. The maximum Gasteiger partial charge on any atom is 0.335 e. The lowest BCUT2D eigenvalue weighted by Gasteiger charge is -2.16. The van der Waals surface area contributed by atoms with Gasteiger partial charge in [-0.05, 0) is 84.5 Å². The van der Waals surface area contributed by atoms with Crippen LogP contribution in [-0.2, 0) is 13.0 Å². The van der Waals surface area contributed by atoms with Crippen molar-refractivity contribution >= 4 is 35.0 Å². The number of aromatic carboxylic acids is 1. The molecule has 0 fully saturated rings. The Morgan fingerprint density at radius 1 is 0.936 bits per heavy atom. The second-order valence-electron chi connectivity index (χ2n) is 10.9. The number of rotatable bonds is 8. The van der Waals surface area contributed by atoms with Crippen LogP contribution in [0.15, 0.2) is 66.9 Å². The number of nitrogens with zero attached hydrogens (tertiary/aromatic N) is 3.